The van der Waals surface area contributed by atoms with Crippen molar-refractivity contribution in [2.75, 3.05) is 5.73 Å². The third kappa shape index (κ3) is 3.17. The molecule has 0 aromatic carbocycles. The van der Waals surface area contributed by atoms with Gasteiger partial charge in [0.15, 0.2) is 5.69 Å². The molecule has 0 fully saturated rings. The summed E-state index contributed by atoms with van der Waals surface area (Å²) in [5, 5.41) is 11.3. The molecule has 1 unspecified atom stereocenters. The van der Waals surface area contributed by atoms with Gasteiger partial charge in [0.1, 0.15) is 6.04 Å². The number of carboxylic acid groups (broad SMARTS) is 1. The number of nitrogens with two attached hydrogens (primary N) is 1. The van der Waals surface area contributed by atoms with Crippen LogP contribution in [0.2, 0.25) is 0 Å². The minimum absolute atomic E-state index is 0.0411. The van der Waals surface area contributed by atoms with Gasteiger partial charge >= 0.3 is 5.97 Å². The number of pyridine rings is 1. The maximum absolute atomic E-state index is 11.8. The molecule has 0 radical (unpaired) electrons. The van der Waals surface area contributed by atoms with E-state index in [2.05, 4.69) is 10.3 Å². The largest absolute Gasteiger partial charge is 0.480 e. The van der Waals surface area contributed by atoms with Crippen molar-refractivity contribution in [3.63, 3.8) is 0 Å². The lowest BCUT2D eigenvalue weighted by Gasteiger charge is -2.17. The van der Waals surface area contributed by atoms with E-state index >= 15 is 0 Å². The number of nitrogen functional groups attached to an aromatic ring is 1. The van der Waals surface area contributed by atoms with Gasteiger partial charge in [0, 0.05) is 6.20 Å². The van der Waals surface area contributed by atoms with Gasteiger partial charge in [0.05, 0.1) is 5.69 Å². The number of rotatable bonds is 4. The fourth-order valence-corrected chi connectivity index (χ4v) is 1.33. The molecule has 1 aromatic heterocycles. The highest BCUT2D eigenvalue weighted by atomic mass is 16.4. The Morgan fingerprint density at radius 3 is 2.59 bits per heavy atom. The summed E-state index contributed by atoms with van der Waals surface area (Å²) in [4.78, 5) is 26.5. The van der Waals surface area contributed by atoms with Crippen LogP contribution in [0.1, 0.15) is 24.3 Å². The Morgan fingerprint density at radius 1 is 1.47 bits per heavy atom. The third-order valence-corrected chi connectivity index (χ3v) is 2.27. The highest BCUT2D eigenvalue weighted by molar-refractivity contribution is 5.98. The van der Waals surface area contributed by atoms with Crippen LogP contribution in [-0.2, 0) is 4.79 Å². The molecule has 0 aliphatic rings. The van der Waals surface area contributed by atoms with E-state index in [1.54, 1.807) is 19.9 Å². The molecule has 1 rings (SSSR count). The molecule has 1 heterocycles. The van der Waals surface area contributed by atoms with Crippen LogP contribution < -0.4 is 11.1 Å². The molecule has 0 aliphatic heterocycles. The third-order valence-electron chi connectivity index (χ3n) is 2.27. The second kappa shape index (κ2) is 5.29. The Morgan fingerprint density at radius 2 is 2.12 bits per heavy atom. The molecule has 6 nitrogen and oxygen atoms in total. The summed E-state index contributed by atoms with van der Waals surface area (Å²) in [7, 11) is 0. The van der Waals surface area contributed by atoms with Gasteiger partial charge in [-0.15, -0.1) is 0 Å². The van der Waals surface area contributed by atoms with E-state index in [1.807, 2.05) is 0 Å². The van der Waals surface area contributed by atoms with Gasteiger partial charge in [-0.05, 0) is 18.1 Å². The van der Waals surface area contributed by atoms with Crippen LogP contribution in [-0.4, -0.2) is 28.0 Å². The zero-order valence-corrected chi connectivity index (χ0v) is 9.68. The van der Waals surface area contributed by atoms with Crippen LogP contribution in [0, 0.1) is 5.92 Å². The summed E-state index contributed by atoms with van der Waals surface area (Å²) in [6.45, 7) is 3.42. The quantitative estimate of drug-likeness (QED) is 0.707. The molecule has 92 valence electrons. The lowest BCUT2D eigenvalue weighted by molar-refractivity contribution is -0.140. The lowest BCUT2D eigenvalue weighted by Crippen LogP contribution is -2.44. The van der Waals surface area contributed by atoms with Crippen molar-refractivity contribution in [3.05, 3.63) is 24.0 Å². The molecule has 0 bridgehead atoms. The highest BCUT2D eigenvalue weighted by Gasteiger charge is 2.25. The number of hydrogen-bond acceptors (Lipinski definition) is 4. The van der Waals surface area contributed by atoms with Crippen molar-refractivity contribution in [3.8, 4) is 0 Å². The number of hydrogen-bond donors (Lipinski definition) is 3. The van der Waals surface area contributed by atoms with E-state index in [0.29, 0.717) is 0 Å². The van der Waals surface area contributed by atoms with E-state index in [-0.39, 0.29) is 17.3 Å². The minimum atomic E-state index is -1.08. The van der Waals surface area contributed by atoms with E-state index in [4.69, 9.17) is 10.8 Å². The average molecular weight is 237 g/mol. The van der Waals surface area contributed by atoms with E-state index in [9.17, 15) is 9.59 Å². The molecule has 1 aromatic rings. The van der Waals surface area contributed by atoms with E-state index in [0.717, 1.165) is 0 Å². The van der Waals surface area contributed by atoms with E-state index in [1.165, 1.54) is 12.3 Å². The topological polar surface area (TPSA) is 105 Å². The second-order valence-corrected chi connectivity index (χ2v) is 3.97. The van der Waals surface area contributed by atoms with Crippen molar-refractivity contribution in [1.29, 1.82) is 0 Å². The molecular formula is C11H15N3O3. The molecular weight excluding hydrogens is 222 g/mol. The van der Waals surface area contributed by atoms with Gasteiger partial charge in [-0.1, -0.05) is 13.8 Å². The smallest absolute Gasteiger partial charge is 0.326 e. The molecule has 17 heavy (non-hydrogen) atoms. The first kappa shape index (κ1) is 13.0. The highest BCUT2D eigenvalue weighted by Crippen LogP contribution is 2.08. The van der Waals surface area contributed by atoms with Gasteiger partial charge in [-0.3, -0.25) is 4.79 Å². The Hall–Kier alpha value is -2.11. The number of amides is 1. The molecule has 0 aliphatic carbocycles. The minimum Gasteiger partial charge on any atom is -0.480 e. The lowest BCUT2D eigenvalue weighted by atomic mass is 10.0. The molecule has 4 N–H and O–H groups in total. The van der Waals surface area contributed by atoms with Gasteiger partial charge in [0.25, 0.3) is 5.91 Å². The monoisotopic (exact) mass is 237 g/mol. The SMILES string of the molecule is CC(C)C(NC(=O)c1ncccc1N)C(=O)O. The van der Waals surface area contributed by atoms with Crippen LogP contribution in [0.4, 0.5) is 5.69 Å². The fourth-order valence-electron chi connectivity index (χ4n) is 1.33. The van der Waals surface area contributed by atoms with Crippen LogP contribution in [0.25, 0.3) is 0 Å². The van der Waals surface area contributed by atoms with Crippen molar-refractivity contribution in [1.82, 2.24) is 10.3 Å². The van der Waals surface area contributed by atoms with Gasteiger partial charge in [-0.2, -0.15) is 0 Å². The zero-order valence-electron chi connectivity index (χ0n) is 9.68. The molecule has 0 spiro atoms. The summed E-state index contributed by atoms with van der Waals surface area (Å²) < 4.78 is 0. The first-order valence-electron chi connectivity index (χ1n) is 5.17. The predicted octanol–water partition coefficient (Wildman–Crippen LogP) is 0.503. The Labute approximate surface area is 98.8 Å². The number of nitrogens with one attached hydrogen (secondary N) is 1. The van der Waals surface area contributed by atoms with Crippen molar-refractivity contribution >= 4 is 17.6 Å². The summed E-state index contributed by atoms with van der Waals surface area (Å²) in [5.74, 6) is -1.88. The maximum Gasteiger partial charge on any atom is 0.326 e. The standard InChI is InChI=1S/C11H15N3O3/c1-6(2)8(11(16)17)14-10(15)9-7(12)4-3-5-13-9/h3-6,8H,12H2,1-2H3,(H,14,15)(H,16,17). The molecule has 0 saturated heterocycles. The Kier molecular flexibility index (Phi) is 4.03. The predicted molar refractivity (Wildman–Crippen MR) is 62.4 cm³/mol. The fraction of sp³-hybridized carbons (Fsp3) is 0.364. The average Bonchev–Trinajstić information content (AvgIpc) is 2.25. The number of carboxylic acids is 1. The number of carbonyl (C=O) groups excluding carboxylic acids is 1. The number of aromatic nitrogens is 1. The second-order valence-electron chi connectivity index (χ2n) is 3.97. The molecule has 1 amide bonds. The number of carbonyl (C=O) groups is 2. The summed E-state index contributed by atoms with van der Waals surface area (Å²) in [6.07, 6.45) is 1.43. The number of aliphatic carboxylic acids is 1. The summed E-state index contributed by atoms with van der Waals surface area (Å²) in [5.41, 5.74) is 5.84. The van der Waals surface area contributed by atoms with E-state index < -0.39 is 17.9 Å². The maximum atomic E-state index is 11.8. The molecule has 1 atom stereocenters. The molecule has 0 saturated carbocycles. The Bertz CT molecular complexity index is 432. The van der Waals surface area contributed by atoms with Crippen molar-refractivity contribution < 1.29 is 14.7 Å². The van der Waals surface area contributed by atoms with Crippen LogP contribution >= 0.6 is 0 Å². The van der Waals surface area contributed by atoms with Gasteiger partial charge in [0.2, 0.25) is 0 Å². The summed E-state index contributed by atoms with van der Waals surface area (Å²) in [6, 6.07) is 2.18. The zero-order chi connectivity index (χ0) is 13.0. The molecule has 6 heteroatoms. The Balaban J connectivity index is 2.85. The van der Waals surface area contributed by atoms with Crippen molar-refractivity contribution in [2.24, 2.45) is 5.92 Å². The van der Waals surface area contributed by atoms with Crippen LogP contribution in [0.5, 0.6) is 0 Å². The van der Waals surface area contributed by atoms with Gasteiger partial charge < -0.3 is 16.2 Å². The van der Waals surface area contributed by atoms with Gasteiger partial charge in [-0.25, -0.2) is 9.78 Å². The normalized spacial score (nSPS) is 12.2. The summed E-state index contributed by atoms with van der Waals surface area (Å²) >= 11 is 0. The number of nitrogens with zero attached hydrogens (tertiary/aromatic N) is 1. The van der Waals surface area contributed by atoms with Crippen molar-refractivity contribution in [2.45, 2.75) is 19.9 Å². The van der Waals surface area contributed by atoms with Crippen LogP contribution in [0.3, 0.4) is 0 Å². The first-order chi connectivity index (χ1) is 7.93. The first-order valence-corrected chi connectivity index (χ1v) is 5.17. The number of anilines is 1. The van der Waals surface area contributed by atoms with Crippen LogP contribution in [0.15, 0.2) is 18.3 Å².